The van der Waals surface area contributed by atoms with E-state index in [-0.39, 0.29) is 29.3 Å². The van der Waals surface area contributed by atoms with Crippen LogP contribution in [-0.2, 0) is 19.4 Å². The van der Waals surface area contributed by atoms with Gasteiger partial charge >= 0.3 is 6.09 Å². The molecule has 8 nitrogen and oxygen atoms in total. The second-order valence-corrected chi connectivity index (χ2v) is 12.1. The van der Waals surface area contributed by atoms with Crippen LogP contribution >= 0.6 is 27.7 Å². The molecule has 0 saturated carbocycles. The van der Waals surface area contributed by atoms with Crippen LogP contribution in [0.2, 0.25) is 0 Å². The predicted molar refractivity (Wildman–Crippen MR) is 117 cm³/mol. The van der Waals surface area contributed by atoms with Gasteiger partial charge in [0.15, 0.2) is 15.0 Å². The number of rotatable bonds is 3. The van der Waals surface area contributed by atoms with E-state index >= 15 is 0 Å². The van der Waals surface area contributed by atoms with Crippen LogP contribution in [0.4, 0.5) is 10.5 Å². The number of anilines is 1. The Morgan fingerprint density at radius 2 is 1.93 bits per heavy atom. The number of nitrogens with one attached hydrogen (secondary N) is 1. The number of carbonyl (C=O) groups is 2. The molecular weight excluding hydrogens is 482 g/mol. The Kier molecular flexibility index (Phi) is 6.30. The van der Waals surface area contributed by atoms with Crippen LogP contribution in [0.3, 0.4) is 0 Å². The summed E-state index contributed by atoms with van der Waals surface area (Å²) in [6.07, 6.45) is -0.696. The molecule has 2 atom stereocenters. The maximum Gasteiger partial charge on any atom is 0.408 e. The molecule has 0 spiro atoms. The summed E-state index contributed by atoms with van der Waals surface area (Å²) in [6, 6.07) is 7.10. The summed E-state index contributed by atoms with van der Waals surface area (Å²) in [5, 5.41) is 2.64. The first-order valence-electron chi connectivity index (χ1n) is 8.94. The highest BCUT2D eigenvalue weighted by molar-refractivity contribution is 9.10. The van der Waals surface area contributed by atoms with Gasteiger partial charge < -0.3 is 15.0 Å². The quantitative estimate of drug-likeness (QED) is 0.675. The van der Waals surface area contributed by atoms with Crippen LogP contribution < -0.4 is 10.2 Å². The van der Waals surface area contributed by atoms with Crippen molar-refractivity contribution in [2.45, 2.75) is 37.7 Å². The predicted octanol–water partition coefficient (Wildman–Crippen LogP) is 2.58. The van der Waals surface area contributed by atoms with Crippen molar-refractivity contribution in [1.82, 2.24) is 5.32 Å². The van der Waals surface area contributed by atoms with E-state index in [9.17, 15) is 18.0 Å². The van der Waals surface area contributed by atoms with E-state index in [4.69, 9.17) is 4.74 Å². The van der Waals surface area contributed by atoms with E-state index in [1.165, 1.54) is 11.8 Å². The van der Waals surface area contributed by atoms with Gasteiger partial charge in [-0.15, -0.1) is 0 Å². The summed E-state index contributed by atoms with van der Waals surface area (Å²) in [6.45, 7) is 4.88. The highest BCUT2D eigenvalue weighted by Gasteiger charge is 2.49. The molecule has 2 fully saturated rings. The maximum absolute atomic E-state index is 12.3. The maximum atomic E-state index is 12.3. The van der Waals surface area contributed by atoms with Crippen molar-refractivity contribution in [3.63, 3.8) is 0 Å². The van der Waals surface area contributed by atoms with Gasteiger partial charge in [0.1, 0.15) is 12.1 Å². The van der Waals surface area contributed by atoms with Gasteiger partial charge in [0.05, 0.1) is 17.5 Å². The minimum absolute atomic E-state index is 0.0180. The number of carbonyl (C=O) groups excluding carboxylic acids is 2. The monoisotopic (exact) mass is 503 g/mol. The van der Waals surface area contributed by atoms with Gasteiger partial charge in [0.25, 0.3) is 5.91 Å². The van der Waals surface area contributed by atoms with Crippen LogP contribution in [0.25, 0.3) is 0 Å². The number of sulfone groups is 1. The summed E-state index contributed by atoms with van der Waals surface area (Å²) in [5.74, 6) is -0.466. The average Bonchev–Trinajstić information content (AvgIpc) is 3.03. The molecule has 2 aliphatic heterocycles. The number of halogens is 1. The van der Waals surface area contributed by atoms with Crippen LogP contribution in [-0.4, -0.2) is 60.5 Å². The lowest BCUT2D eigenvalue weighted by atomic mass is 10.2. The molecule has 1 aromatic rings. The molecule has 1 aromatic carbocycles. The van der Waals surface area contributed by atoms with Crippen molar-refractivity contribution in [3.8, 4) is 0 Å². The third-order valence-corrected chi connectivity index (χ3v) is 7.91. The minimum Gasteiger partial charge on any atom is -0.444 e. The van der Waals surface area contributed by atoms with Crippen LogP contribution in [0, 0.1) is 0 Å². The molecule has 3 rings (SSSR count). The molecule has 2 amide bonds. The van der Waals surface area contributed by atoms with Gasteiger partial charge in [-0.3, -0.25) is 4.79 Å². The third-order valence-electron chi connectivity index (χ3n) is 4.17. The van der Waals surface area contributed by atoms with Gasteiger partial charge in [-0.25, -0.2) is 13.2 Å². The number of nitrogens with zero attached hydrogens (tertiary/aromatic N) is 2. The van der Waals surface area contributed by atoms with Gasteiger partial charge in [-0.1, -0.05) is 27.7 Å². The smallest absolute Gasteiger partial charge is 0.408 e. The summed E-state index contributed by atoms with van der Waals surface area (Å²) in [7, 11) is -3.13. The molecule has 2 heterocycles. The molecule has 158 valence electrons. The zero-order chi connectivity index (χ0) is 21.4. The van der Waals surface area contributed by atoms with Crippen molar-refractivity contribution < 1.29 is 22.7 Å². The molecule has 2 saturated heterocycles. The minimum atomic E-state index is -3.13. The highest BCUT2D eigenvalue weighted by Crippen LogP contribution is 2.41. The van der Waals surface area contributed by atoms with Crippen molar-refractivity contribution in [2.24, 2.45) is 4.99 Å². The van der Waals surface area contributed by atoms with Crippen molar-refractivity contribution in [3.05, 3.63) is 28.7 Å². The van der Waals surface area contributed by atoms with Crippen LogP contribution in [0.1, 0.15) is 20.8 Å². The molecule has 0 aromatic heterocycles. The zero-order valence-electron chi connectivity index (χ0n) is 16.2. The second kappa shape index (κ2) is 8.27. The molecule has 29 heavy (non-hydrogen) atoms. The number of alkyl carbamates (subject to hydrolysis) is 1. The van der Waals surface area contributed by atoms with E-state index in [0.29, 0.717) is 5.17 Å². The van der Waals surface area contributed by atoms with E-state index in [1.807, 2.05) is 24.3 Å². The van der Waals surface area contributed by atoms with Gasteiger partial charge in [0.2, 0.25) is 0 Å². The lowest BCUT2D eigenvalue weighted by Gasteiger charge is -2.24. The largest absolute Gasteiger partial charge is 0.444 e. The Balaban J connectivity index is 1.77. The van der Waals surface area contributed by atoms with Crippen molar-refractivity contribution >= 4 is 60.4 Å². The van der Waals surface area contributed by atoms with Gasteiger partial charge in [-0.05, 0) is 45.0 Å². The first-order valence-corrected chi connectivity index (χ1v) is 12.4. The van der Waals surface area contributed by atoms with Gasteiger partial charge in [0, 0.05) is 15.4 Å². The number of hydrogen-bond donors (Lipinski definition) is 1. The van der Waals surface area contributed by atoms with E-state index in [0.717, 1.165) is 10.2 Å². The average molecular weight is 504 g/mol. The van der Waals surface area contributed by atoms with Gasteiger partial charge in [-0.2, -0.15) is 4.99 Å². The Hall–Kier alpha value is -1.59. The number of hydrogen-bond acceptors (Lipinski definition) is 6. The molecule has 1 N–H and O–H groups in total. The summed E-state index contributed by atoms with van der Waals surface area (Å²) in [5.41, 5.74) is 0.0960. The lowest BCUT2D eigenvalue weighted by molar-refractivity contribution is -0.117. The van der Waals surface area contributed by atoms with Crippen molar-refractivity contribution in [2.75, 3.05) is 23.0 Å². The Morgan fingerprint density at radius 1 is 1.28 bits per heavy atom. The molecule has 0 radical (unpaired) electrons. The SMILES string of the molecule is CC(C)(C)OC(=O)NCC(=O)N=C1S[C@@H]2CS(=O)(=O)C[C@H]2N1c1ccc(Br)cc1. The molecule has 0 bridgehead atoms. The molecular formula is C18H22BrN3O5S2. The first kappa shape index (κ1) is 22.1. The number of aliphatic imine (C=N–C) groups is 1. The highest BCUT2D eigenvalue weighted by atomic mass is 79.9. The van der Waals surface area contributed by atoms with Crippen molar-refractivity contribution in [1.29, 1.82) is 0 Å². The Labute approximate surface area is 182 Å². The summed E-state index contributed by atoms with van der Waals surface area (Å²) < 4.78 is 30.2. The standard InChI is InChI=1S/C18H22BrN3O5S2/c1-18(2,3)27-17(24)20-8-15(23)21-16-22(12-6-4-11(19)5-7-12)13-9-29(25,26)10-14(13)28-16/h4-7,13-14H,8-10H2,1-3H3,(H,20,24)/t13-,14-/m1/s1. The molecule has 0 unspecified atom stereocenters. The Morgan fingerprint density at radius 3 is 2.55 bits per heavy atom. The molecule has 0 aliphatic carbocycles. The van der Waals surface area contributed by atoms with E-state index in [2.05, 4.69) is 26.2 Å². The lowest BCUT2D eigenvalue weighted by Crippen LogP contribution is -2.38. The first-order chi connectivity index (χ1) is 13.4. The molecule has 11 heteroatoms. The second-order valence-electron chi connectivity index (χ2n) is 7.79. The fourth-order valence-electron chi connectivity index (χ4n) is 3.08. The summed E-state index contributed by atoms with van der Waals surface area (Å²) >= 11 is 4.67. The Bertz CT molecular complexity index is 941. The number of amidine groups is 1. The number of ether oxygens (including phenoxy) is 1. The fraction of sp³-hybridized carbons (Fsp3) is 0.500. The fourth-order valence-corrected chi connectivity index (χ4v) is 7.27. The van der Waals surface area contributed by atoms with Crippen LogP contribution in [0.15, 0.2) is 33.7 Å². The number of thioether (sulfide) groups is 1. The summed E-state index contributed by atoms with van der Waals surface area (Å²) in [4.78, 5) is 30.0. The number of benzene rings is 1. The zero-order valence-corrected chi connectivity index (χ0v) is 19.4. The van der Waals surface area contributed by atoms with E-state index < -0.39 is 27.4 Å². The molecule has 2 aliphatic rings. The van der Waals surface area contributed by atoms with Crippen LogP contribution in [0.5, 0.6) is 0 Å². The van der Waals surface area contributed by atoms with E-state index in [1.54, 1.807) is 25.7 Å². The third kappa shape index (κ3) is 5.73. The number of fused-ring (bicyclic) bond motifs is 1. The topological polar surface area (TPSA) is 105 Å². The number of amides is 2. The normalized spacial score (nSPS) is 24.4.